The SMILES string of the molecule is CCCC1(C)Cc2cnc(C#N)cc2C1=O. The summed E-state index contributed by atoms with van der Waals surface area (Å²) in [5.41, 5.74) is 1.72. The molecular weight excluding hydrogens is 200 g/mol. The first-order valence-corrected chi connectivity index (χ1v) is 5.54. The second-order valence-electron chi connectivity index (χ2n) is 4.66. The van der Waals surface area contributed by atoms with Gasteiger partial charge >= 0.3 is 0 Å². The van der Waals surface area contributed by atoms with E-state index in [4.69, 9.17) is 5.26 Å². The van der Waals surface area contributed by atoms with Gasteiger partial charge in [-0.3, -0.25) is 4.79 Å². The minimum absolute atomic E-state index is 0.170. The third-order valence-electron chi connectivity index (χ3n) is 3.28. The van der Waals surface area contributed by atoms with Crippen LogP contribution in [-0.4, -0.2) is 10.8 Å². The molecule has 0 aromatic carbocycles. The second kappa shape index (κ2) is 3.71. The number of fused-ring (bicyclic) bond motifs is 1. The Bertz CT molecular complexity index is 487. The zero-order valence-electron chi connectivity index (χ0n) is 9.58. The Kier molecular flexibility index (Phi) is 2.51. The van der Waals surface area contributed by atoms with Crippen LogP contribution < -0.4 is 0 Å². The van der Waals surface area contributed by atoms with Gasteiger partial charge in [0, 0.05) is 17.2 Å². The highest BCUT2D eigenvalue weighted by Crippen LogP contribution is 2.39. The number of hydrogen-bond donors (Lipinski definition) is 0. The normalized spacial score (nSPS) is 22.9. The molecule has 1 aliphatic carbocycles. The van der Waals surface area contributed by atoms with Gasteiger partial charge in [-0.25, -0.2) is 4.98 Å². The average molecular weight is 214 g/mol. The van der Waals surface area contributed by atoms with Gasteiger partial charge in [-0.1, -0.05) is 20.3 Å². The van der Waals surface area contributed by atoms with Crippen molar-refractivity contribution in [1.82, 2.24) is 4.98 Å². The average Bonchev–Trinajstić information content (AvgIpc) is 2.52. The van der Waals surface area contributed by atoms with Crippen LogP contribution in [-0.2, 0) is 6.42 Å². The number of pyridine rings is 1. The van der Waals surface area contributed by atoms with E-state index in [1.807, 2.05) is 13.0 Å². The van der Waals surface area contributed by atoms with E-state index in [0.29, 0.717) is 11.3 Å². The molecular formula is C13H14N2O. The Hall–Kier alpha value is -1.69. The van der Waals surface area contributed by atoms with Crippen molar-refractivity contribution in [3.63, 3.8) is 0 Å². The topological polar surface area (TPSA) is 53.8 Å². The molecule has 1 aromatic rings. The van der Waals surface area contributed by atoms with Crippen molar-refractivity contribution in [2.45, 2.75) is 33.1 Å². The molecule has 0 fully saturated rings. The Morgan fingerprint density at radius 1 is 1.62 bits per heavy atom. The van der Waals surface area contributed by atoms with E-state index in [0.717, 1.165) is 24.8 Å². The molecule has 0 amide bonds. The molecule has 1 heterocycles. The number of Topliss-reactive ketones (excluding diaryl/α,β-unsaturated/α-hetero) is 1. The van der Waals surface area contributed by atoms with Crippen LogP contribution in [0.4, 0.5) is 0 Å². The molecule has 1 aliphatic rings. The zero-order valence-corrected chi connectivity index (χ0v) is 9.58. The lowest BCUT2D eigenvalue weighted by Crippen LogP contribution is -2.23. The van der Waals surface area contributed by atoms with Crippen molar-refractivity contribution < 1.29 is 4.79 Å². The van der Waals surface area contributed by atoms with Crippen LogP contribution in [0.2, 0.25) is 0 Å². The largest absolute Gasteiger partial charge is 0.294 e. The summed E-state index contributed by atoms with van der Waals surface area (Å²) >= 11 is 0. The molecule has 0 bridgehead atoms. The van der Waals surface area contributed by atoms with E-state index in [1.54, 1.807) is 12.3 Å². The Morgan fingerprint density at radius 2 is 2.38 bits per heavy atom. The lowest BCUT2D eigenvalue weighted by atomic mass is 9.82. The summed E-state index contributed by atoms with van der Waals surface area (Å²) in [4.78, 5) is 16.3. The van der Waals surface area contributed by atoms with Gasteiger partial charge < -0.3 is 0 Å². The number of rotatable bonds is 2. The molecule has 1 aromatic heterocycles. The molecule has 0 aliphatic heterocycles. The maximum Gasteiger partial charge on any atom is 0.169 e. The molecule has 0 saturated carbocycles. The predicted octanol–water partition coefficient (Wildman–Crippen LogP) is 2.50. The van der Waals surface area contributed by atoms with Crippen LogP contribution in [0.1, 0.15) is 48.3 Å². The first-order chi connectivity index (χ1) is 7.60. The summed E-state index contributed by atoms with van der Waals surface area (Å²) in [7, 11) is 0. The number of nitrogens with zero attached hydrogens (tertiary/aromatic N) is 2. The molecule has 0 saturated heterocycles. The fraction of sp³-hybridized carbons (Fsp3) is 0.462. The fourth-order valence-electron chi connectivity index (χ4n) is 2.48. The Morgan fingerprint density at radius 3 is 3.00 bits per heavy atom. The number of aromatic nitrogens is 1. The maximum absolute atomic E-state index is 12.2. The molecule has 3 nitrogen and oxygen atoms in total. The monoisotopic (exact) mass is 214 g/mol. The van der Waals surface area contributed by atoms with Crippen LogP contribution in [0, 0.1) is 16.7 Å². The lowest BCUT2D eigenvalue weighted by Gasteiger charge is -2.20. The maximum atomic E-state index is 12.2. The third kappa shape index (κ3) is 1.51. The summed E-state index contributed by atoms with van der Waals surface area (Å²) < 4.78 is 0. The van der Waals surface area contributed by atoms with Crippen molar-refractivity contribution in [2.75, 3.05) is 0 Å². The highest BCUT2D eigenvalue weighted by atomic mass is 16.1. The first-order valence-electron chi connectivity index (χ1n) is 5.54. The van der Waals surface area contributed by atoms with Crippen molar-refractivity contribution >= 4 is 5.78 Å². The molecule has 0 radical (unpaired) electrons. The molecule has 82 valence electrons. The van der Waals surface area contributed by atoms with Crippen molar-refractivity contribution in [3.8, 4) is 6.07 Å². The second-order valence-corrected chi connectivity index (χ2v) is 4.66. The molecule has 3 heteroatoms. The summed E-state index contributed by atoms with van der Waals surface area (Å²) in [6, 6.07) is 3.60. The Balaban J connectivity index is 2.43. The minimum atomic E-state index is -0.285. The molecule has 0 spiro atoms. The van der Waals surface area contributed by atoms with Crippen LogP contribution >= 0.6 is 0 Å². The summed E-state index contributed by atoms with van der Waals surface area (Å²) in [6.45, 7) is 4.09. The van der Waals surface area contributed by atoms with Gasteiger partial charge in [-0.15, -0.1) is 0 Å². The van der Waals surface area contributed by atoms with E-state index in [-0.39, 0.29) is 11.2 Å². The van der Waals surface area contributed by atoms with Crippen molar-refractivity contribution in [2.24, 2.45) is 5.41 Å². The minimum Gasteiger partial charge on any atom is -0.294 e. The zero-order chi connectivity index (χ0) is 11.8. The number of carbonyl (C=O) groups is 1. The van der Waals surface area contributed by atoms with E-state index >= 15 is 0 Å². The predicted molar refractivity (Wildman–Crippen MR) is 60.0 cm³/mol. The number of hydrogen-bond acceptors (Lipinski definition) is 3. The van der Waals surface area contributed by atoms with Gasteiger partial charge in [0.2, 0.25) is 0 Å². The number of carbonyl (C=O) groups excluding carboxylic acids is 1. The first kappa shape index (κ1) is 10.8. The van der Waals surface area contributed by atoms with E-state index in [2.05, 4.69) is 11.9 Å². The summed E-state index contributed by atoms with van der Waals surface area (Å²) in [5.74, 6) is 0.170. The smallest absolute Gasteiger partial charge is 0.169 e. The van der Waals surface area contributed by atoms with Gasteiger partial charge in [-0.2, -0.15) is 5.26 Å². The third-order valence-corrected chi connectivity index (χ3v) is 3.28. The van der Waals surface area contributed by atoms with Gasteiger partial charge in [0.25, 0.3) is 0 Å². The van der Waals surface area contributed by atoms with Gasteiger partial charge in [0.1, 0.15) is 11.8 Å². The van der Waals surface area contributed by atoms with Crippen LogP contribution in [0.3, 0.4) is 0 Å². The molecule has 16 heavy (non-hydrogen) atoms. The van der Waals surface area contributed by atoms with Gasteiger partial charge in [0.05, 0.1) is 0 Å². The van der Waals surface area contributed by atoms with Gasteiger partial charge in [0.15, 0.2) is 5.78 Å². The highest BCUT2D eigenvalue weighted by molar-refractivity contribution is 6.04. The standard InChI is InChI=1S/C13H14N2O/c1-3-4-13(2)6-9-8-15-10(7-14)5-11(9)12(13)16/h5,8H,3-4,6H2,1-2H3. The highest BCUT2D eigenvalue weighted by Gasteiger charge is 2.40. The van der Waals surface area contributed by atoms with Crippen LogP contribution in [0.5, 0.6) is 0 Å². The van der Waals surface area contributed by atoms with E-state index < -0.39 is 0 Å². The summed E-state index contributed by atoms with van der Waals surface area (Å²) in [5, 5.41) is 8.76. The molecule has 2 rings (SSSR count). The molecule has 1 unspecified atom stereocenters. The van der Waals surface area contributed by atoms with E-state index in [9.17, 15) is 4.79 Å². The van der Waals surface area contributed by atoms with Crippen LogP contribution in [0.15, 0.2) is 12.3 Å². The molecule has 0 N–H and O–H groups in total. The van der Waals surface area contributed by atoms with Crippen molar-refractivity contribution in [1.29, 1.82) is 5.26 Å². The number of ketones is 1. The quantitative estimate of drug-likeness (QED) is 0.760. The summed E-state index contributed by atoms with van der Waals surface area (Å²) in [6.07, 6.45) is 4.32. The lowest BCUT2D eigenvalue weighted by molar-refractivity contribution is 0.0829. The number of nitriles is 1. The fourth-order valence-corrected chi connectivity index (χ4v) is 2.48. The van der Waals surface area contributed by atoms with Gasteiger partial charge in [-0.05, 0) is 24.5 Å². The van der Waals surface area contributed by atoms with Crippen LogP contribution in [0.25, 0.3) is 0 Å². The van der Waals surface area contributed by atoms with E-state index in [1.165, 1.54) is 0 Å². The molecule has 1 atom stereocenters. The Labute approximate surface area is 95.1 Å². The van der Waals surface area contributed by atoms with Crippen molar-refractivity contribution in [3.05, 3.63) is 29.1 Å².